The smallest absolute Gasteiger partial charge is 0.339 e. The molecule has 0 atom stereocenters. The highest BCUT2D eigenvalue weighted by Gasteiger charge is 2.19. The van der Waals surface area contributed by atoms with Crippen LogP contribution in [-0.4, -0.2) is 36.1 Å². The zero-order valence-corrected chi connectivity index (χ0v) is 24.3. The Morgan fingerprint density at radius 3 is 1.31 bits per heavy atom. The lowest BCUT2D eigenvalue weighted by molar-refractivity contribution is 0.262. The number of rotatable bonds is 12. The van der Waals surface area contributed by atoms with Gasteiger partial charge in [0.05, 0.1) is 13.2 Å². The topological polar surface area (TPSA) is 146 Å². The Morgan fingerprint density at radius 1 is 0.571 bits per heavy atom. The SMILES string of the molecule is CCOc1ccc(S(=O)(=O)Oc2cccc(NC(=O)Nc3cccc(OS(=O)(=O)c4ccc(OCC)cc4)c3)c2)cc1. The summed E-state index contributed by atoms with van der Waals surface area (Å²) in [5.41, 5.74) is 0.495. The van der Waals surface area contributed by atoms with E-state index >= 15 is 0 Å². The quantitative estimate of drug-likeness (QED) is 0.193. The number of amides is 2. The fraction of sp³-hybridized carbons (Fsp3) is 0.138. The Balaban J connectivity index is 1.38. The maximum atomic E-state index is 12.7. The van der Waals surface area contributed by atoms with Crippen molar-refractivity contribution >= 4 is 37.6 Å². The van der Waals surface area contributed by atoms with Crippen molar-refractivity contribution < 1.29 is 39.5 Å². The average Bonchev–Trinajstić information content (AvgIpc) is 2.94. The van der Waals surface area contributed by atoms with Crippen LogP contribution >= 0.6 is 0 Å². The van der Waals surface area contributed by atoms with Gasteiger partial charge in [-0.1, -0.05) is 12.1 Å². The van der Waals surface area contributed by atoms with Gasteiger partial charge in [-0.05, 0) is 86.6 Å². The van der Waals surface area contributed by atoms with Crippen LogP contribution in [0.2, 0.25) is 0 Å². The summed E-state index contributed by atoms with van der Waals surface area (Å²) in [5.74, 6) is 1.02. The summed E-state index contributed by atoms with van der Waals surface area (Å²) < 4.78 is 71.8. The molecule has 0 bridgehead atoms. The van der Waals surface area contributed by atoms with Crippen molar-refractivity contribution in [3.05, 3.63) is 97.1 Å². The van der Waals surface area contributed by atoms with Crippen LogP contribution in [0.1, 0.15) is 13.8 Å². The van der Waals surface area contributed by atoms with Crippen molar-refractivity contribution in [2.45, 2.75) is 23.6 Å². The summed E-state index contributed by atoms with van der Waals surface area (Å²) in [6, 6.07) is 22.6. The Kier molecular flexibility index (Phi) is 9.55. The monoisotopic (exact) mass is 612 g/mol. The lowest BCUT2D eigenvalue weighted by atomic mass is 10.3. The van der Waals surface area contributed by atoms with Crippen LogP contribution in [0.5, 0.6) is 23.0 Å². The first kappa shape index (κ1) is 30.2. The second-order valence-electron chi connectivity index (χ2n) is 8.52. The molecule has 0 unspecified atom stereocenters. The Bertz CT molecular complexity index is 1610. The summed E-state index contributed by atoms with van der Waals surface area (Å²) in [6.45, 7) is 4.53. The Morgan fingerprint density at radius 2 is 0.952 bits per heavy atom. The minimum atomic E-state index is -4.14. The van der Waals surface area contributed by atoms with Gasteiger partial charge in [0.1, 0.15) is 32.8 Å². The minimum Gasteiger partial charge on any atom is -0.494 e. The number of hydrogen-bond acceptors (Lipinski definition) is 9. The number of carbonyl (C=O) groups is 1. The van der Waals surface area contributed by atoms with Crippen LogP contribution in [0.4, 0.5) is 16.2 Å². The van der Waals surface area contributed by atoms with Gasteiger partial charge >= 0.3 is 26.3 Å². The number of anilines is 2. The number of benzene rings is 4. The van der Waals surface area contributed by atoms with Crippen LogP contribution in [0, 0.1) is 0 Å². The summed E-state index contributed by atoms with van der Waals surface area (Å²) >= 11 is 0. The number of hydrogen-bond donors (Lipinski definition) is 2. The van der Waals surface area contributed by atoms with Gasteiger partial charge < -0.3 is 28.5 Å². The molecule has 4 rings (SSSR count). The van der Waals surface area contributed by atoms with E-state index in [1.165, 1.54) is 84.9 Å². The van der Waals surface area contributed by atoms with Crippen LogP contribution in [0.25, 0.3) is 0 Å². The van der Waals surface area contributed by atoms with Crippen LogP contribution in [0.3, 0.4) is 0 Å². The first-order chi connectivity index (χ1) is 20.1. The van der Waals surface area contributed by atoms with Crippen LogP contribution in [0.15, 0.2) is 107 Å². The van der Waals surface area contributed by atoms with Gasteiger partial charge in [-0.25, -0.2) is 4.79 Å². The zero-order valence-electron chi connectivity index (χ0n) is 22.6. The largest absolute Gasteiger partial charge is 0.494 e. The lowest BCUT2D eigenvalue weighted by Gasteiger charge is -2.12. The predicted molar refractivity (Wildman–Crippen MR) is 156 cm³/mol. The molecule has 4 aromatic carbocycles. The fourth-order valence-electron chi connectivity index (χ4n) is 3.63. The van der Waals surface area contributed by atoms with E-state index < -0.39 is 26.3 Å². The normalized spacial score (nSPS) is 11.3. The summed E-state index contributed by atoms with van der Waals surface area (Å²) in [5, 5.41) is 5.15. The Labute approximate surface area is 244 Å². The third-order valence-corrected chi connectivity index (χ3v) is 7.97. The molecule has 11 nitrogen and oxygen atoms in total. The number of nitrogens with one attached hydrogen (secondary N) is 2. The van der Waals surface area contributed by atoms with E-state index in [9.17, 15) is 21.6 Å². The van der Waals surface area contributed by atoms with Crippen molar-refractivity contribution in [1.29, 1.82) is 0 Å². The molecule has 0 saturated carbocycles. The van der Waals surface area contributed by atoms with E-state index in [0.29, 0.717) is 24.7 Å². The maximum absolute atomic E-state index is 12.7. The van der Waals surface area contributed by atoms with Crippen LogP contribution < -0.4 is 28.5 Å². The molecule has 4 aromatic rings. The highest BCUT2D eigenvalue weighted by atomic mass is 32.2. The molecule has 0 aromatic heterocycles. The van der Waals surface area contributed by atoms with Crippen LogP contribution in [-0.2, 0) is 20.2 Å². The molecule has 0 aliphatic carbocycles. The third-order valence-electron chi connectivity index (χ3n) is 5.44. The molecule has 0 radical (unpaired) electrons. The van der Waals surface area contributed by atoms with Gasteiger partial charge in [0.25, 0.3) is 0 Å². The number of urea groups is 1. The van der Waals surface area contributed by atoms with E-state index in [0.717, 1.165) is 0 Å². The van der Waals surface area contributed by atoms with E-state index in [1.807, 2.05) is 13.8 Å². The van der Waals surface area contributed by atoms with Gasteiger partial charge in [0.2, 0.25) is 0 Å². The molecule has 0 aliphatic heterocycles. The molecule has 220 valence electrons. The molecular weight excluding hydrogens is 584 g/mol. The predicted octanol–water partition coefficient (Wildman–Crippen LogP) is 5.66. The summed E-state index contributed by atoms with van der Waals surface area (Å²) in [4.78, 5) is 12.5. The molecule has 0 fully saturated rings. The highest BCUT2D eigenvalue weighted by molar-refractivity contribution is 7.87. The van der Waals surface area contributed by atoms with Crippen molar-refractivity contribution in [3.63, 3.8) is 0 Å². The van der Waals surface area contributed by atoms with E-state index in [1.54, 1.807) is 12.1 Å². The van der Waals surface area contributed by atoms with E-state index in [4.69, 9.17) is 17.8 Å². The number of carbonyl (C=O) groups excluding carboxylic acids is 1. The Hall–Kier alpha value is -4.75. The molecule has 2 N–H and O–H groups in total. The molecule has 2 amide bonds. The van der Waals surface area contributed by atoms with Crippen molar-refractivity contribution in [2.24, 2.45) is 0 Å². The second kappa shape index (κ2) is 13.3. The lowest BCUT2D eigenvalue weighted by Crippen LogP contribution is -2.19. The van der Waals surface area contributed by atoms with Gasteiger partial charge in [0, 0.05) is 23.5 Å². The highest BCUT2D eigenvalue weighted by Crippen LogP contribution is 2.26. The van der Waals surface area contributed by atoms with Crippen molar-refractivity contribution in [2.75, 3.05) is 23.8 Å². The van der Waals surface area contributed by atoms with Gasteiger partial charge in [0.15, 0.2) is 0 Å². The molecule has 0 heterocycles. The minimum absolute atomic E-state index is 0.0171. The number of ether oxygens (including phenoxy) is 2. The summed E-state index contributed by atoms with van der Waals surface area (Å²) in [6.07, 6.45) is 0. The van der Waals surface area contributed by atoms with Gasteiger partial charge in [-0.15, -0.1) is 0 Å². The van der Waals surface area contributed by atoms with E-state index in [2.05, 4.69) is 10.6 Å². The second-order valence-corrected chi connectivity index (χ2v) is 11.6. The first-order valence-electron chi connectivity index (χ1n) is 12.7. The molecule has 0 spiro atoms. The van der Waals surface area contributed by atoms with Gasteiger partial charge in [-0.3, -0.25) is 0 Å². The molecule has 0 aliphatic rings. The van der Waals surface area contributed by atoms with E-state index in [-0.39, 0.29) is 32.7 Å². The molecule has 13 heteroatoms. The molecular formula is C29H28N2O9S2. The van der Waals surface area contributed by atoms with Gasteiger partial charge in [-0.2, -0.15) is 16.8 Å². The fourth-order valence-corrected chi connectivity index (χ4v) is 5.48. The third kappa shape index (κ3) is 8.15. The first-order valence-corrected chi connectivity index (χ1v) is 15.5. The molecule has 42 heavy (non-hydrogen) atoms. The van der Waals surface area contributed by atoms with Crippen molar-refractivity contribution in [3.8, 4) is 23.0 Å². The molecule has 0 saturated heterocycles. The van der Waals surface area contributed by atoms with Crippen molar-refractivity contribution in [1.82, 2.24) is 0 Å². The average molecular weight is 613 g/mol. The zero-order chi connectivity index (χ0) is 30.2. The summed E-state index contributed by atoms with van der Waals surface area (Å²) in [7, 11) is -8.27. The standard InChI is InChI=1S/C29H28N2O9S2/c1-3-37-23-11-15-27(16-12-23)41(33,34)39-25-9-5-7-21(19-25)30-29(32)31-22-8-6-10-26(20-22)40-42(35,36)28-17-13-24(14-18-28)38-4-2/h5-20H,3-4H2,1-2H3,(H2,30,31,32). The maximum Gasteiger partial charge on any atom is 0.339 e.